The molecular formula is C19H29N3O5S. The molecule has 2 saturated heterocycles. The lowest BCUT2D eigenvalue weighted by molar-refractivity contribution is -0.124. The van der Waals surface area contributed by atoms with E-state index in [1.54, 1.807) is 24.3 Å². The van der Waals surface area contributed by atoms with Gasteiger partial charge in [-0.25, -0.2) is 12.7 Å². The molecule has 2 aliphatic rings. The fourth-order valence-corrected chi connectivity index (χ4v) is 4.70. The minimum absolute atomic E-state index is 0.0916. The molecule has 2 aliphatic heterocycles. The molecule has 0 bridgehead atoms. The van der Waals surface area contributed by atoms with Gasteiger partial charge in [-0.15, -0.1) is 0 Å². The highest BCUT2D eigenvalue weighted by atomic mass is 32.2. The standard InChI is InChI=1S/C19H29N3O5S/c1-21(2)28(24,25)17-6-4-3-5-16(17)13-20-18(23)14-22-9-7-15(8-10-22)19-26-11-12-27-19/h3-6,15,19H,7-14H2,1-2H3,(H,20,23). The molecule has 0 saturated carbocycles. The van der Waals surface area contributed by atoms with E-state index in [0.29, 0.717) is 31.2 Å². The molecule has 3 rings (SSSR count). The molecule has 0 atom stereocenters. The zero-order chi connectivity index (χ0) is 20.1. The fraction of sp³-hybridized carbons (Fsp3) is 0.632. The number of hydrogen-bond donors (Lipinski definition) is 1. The van der Waals surface area contributed by atoms with Crippen molar-refractivity contribution in [3.8, 4) is 0 Å². The number of carbonyl (C=O) groups excluding carboxylic acids is 1. The number of nitrogens with zero attached hydrogens (tertiary/aromatic N) is 2. The average Bonchev–Trinajstić information content (AvgIpc) is 3.22. The second-order valence-corrected chi connectivity index (χ2v) is 9.52. The molecule has 1 aromatic rings. The summed E-state index contributed by atoms with van der Waals surface area (Å²) in [6.45, 7) is 3.47. The summed E-state index contributed by atoms with van der Waals surface area (Å²) in [5.74, 6) is 0.286. The second-order valence-electron chi connectivity index (χ2n) is 7.40. The van der Waals surface area contributed by atoms with Gasteiger partial charge in [-0.05, 0) is 37.6 Å². The second kappa shape index (κ2) is 9.32. The Balaban J connectivity index is 1.49. The van der Waals surface area contributed by atoms with Crippen molar-refractivity contribution in [2.75, 3.05) is 46.9 Å². The minimum Gasteiger partial charge on any atom is -0.351 e. The summed E-state index contributed by atoms with van der Waals surface area (Å²) in [5, 5.41) is 2.85. The minimum atomic E-state index is -3.55. The summed E-state index contributed by atoms with van der Waals surface area (Å²) in [4.78, 5) is 14.7. The van der Waals surface area contributed by atoms with Crippen molar-refractivity contribution in [2.24, 2.45) is 5.92 Å². The third-order valence-corrected chi connectivity index (χ3v) is 7.15. The van der Waals surface area contributed by atoms with Gasteiger partial charge in [0.1, 0.15) is 0 Å². The molecule has 1 amide bonds. The van der Waals surface area contributed by atoms with E-state index in [9.17, 15) is 13.2 Å². The number of nitrogens with one attached hydrogen (secondary N) is 1. The lowest BCUT2D eigenvalue weighted by Gasteiger charge is -2.33. The Morgan fingerprint density at radius 2 is 1.82 bits per heavy atom. The summed E-state index contributed by atoms with van der Waals surface area (Å²) in [5.41, 5.74) is 0.582. The number of benzene rings is 1. The zero-order valence-corrected chi connectivity index (χ0v) is 17.3. The predicted molar refractivity (Wildman–Crippen MR) is 104 cm³/mol. The van der Waals surface area contributed by atoms with Gasteiger partial charge in [0, 0.05) is 26.6 Å². The summed E-state index contributed by atoms with van der Waals surface area (Å²) in [6.07, 6.45) is 1.80. The number of sulfonamides is 1. The maximum atomic E-state index is 12.4. The molecule has 2 heterocycles. The Hall–Kier alpha value is -1.52. The van der Waals surface area contributed by atoms with Crippen LogP contribution in [0.1, 0.15) is 18.4 Å². The highest BCUT2D eigenvalue weighted by Gasteiger charge is 2.30. The SMILES string of the molecule is CN(C)S(=O)(=O)c1ccccc1CNC(=O)CN1CCC(C2OCCO2)CC1. The van der Waals surface area contributed by atoms with E-state index in [-0.39, 0.29) is 23.6 Å². The fourth-order valence-electron chi connectivity index (χ4n) is 3.58. The van der Waals surface area contributed by atoms with Gasteiger partial charge in [-0.3, -0.25) is 9.69 Å². The Morgan fingerprint density at radius 3 is 2.46 bits per heavy atom. The van der Waals surface area contributed by atoms with Crippen molar-refractivity contribution < 1.29 is 22.7 Å². The van der Waals surface area contributed by atoms with Gasteiger partial charge in [0.15, 0.2) is 6.29 Å². The van der Waals surface area contributed by atoms with E-state index in [1.807, 2.05) is 0 Å². The molecule has 9 heteroatoms. The lowest BCUT2D eigenvalue weighted by atomic mass is 9.96. The number of piperidine rings is 1. The third-order valence-electron chi connectivity index (χ3n) is 5.24. The van der Waals surface area contributed by atoms with Crippen molar-refractivity contribution in [3.63, 3.8) is 0 Å². The predicted octanol–water partition coefficient (Wildman–Crippen LogP) is 0.638. The van der Waals surface area contributed by atoms with Crippen LogP contribution < -0.4 is 5.32 Å². The normalized spacial score (nSPS) is 20.0. The number of hydrogen-bond acceptors (Lipinski definition) is 6. The number of carbonyl (C=O) groups is 1. The van der Waals surface area contributed by atoms with Gasteiger partial charge in [-0.2, -0.15) is 0 Å². The summed E-state index contributed by atoms with van der Waals surface area (Å²) in [6, 6.07) is 6.75. The number of amides is 1. The Bertz CT molecular complexity index is 770. The maximum Gasteiger partial charge on any atom is 0.242 e. The monoisotopic (exact) mass is 411 g/mol. The molecule has 1 N–H and O–H groups in total. The van der Waals surface area contributed by atoms with Crippen molar-refractivity contribution in [1.29, 1.82) is 0 Å². The van der Waals surface area contributed by atoms with Gasteiger partial charge in [0.25, 0.3) is 0 Å². The highest BCUT2D eigenvalue weighted by Crippen LogP contribution is 2.25. The van der Waals surface area contributed by atoms with Crippen LogP contribution >= 0.6 is 0 Å². The molecule has 1 aromatic carbocycles. The molecular weight excluding hydrogens is 382 g/mol. The Morgan fingerprint density at radius 1 is 1.18 bits per heavy atom. The first-order valence-corrected chi connectivity index (χ1v) is 11.0. The van der Waals surface area contributed by atoms with E-state index < -0.39 is 10.0 Å². The Labute approximate surface area is 166 Å². The first kappa shape index (κ1) is 21.2. The first-order chi connectivity index (χ1) is 13.4. The van der Waals surface area contributed by atoms with Crippen LogP contribution in [0.2, 0.25) is 0 Å². The van der Waals surface area contributed by atoms with Crippen LogP contribution in [-0.4, -0.2) is 76.8 Å². The van der Waals surface area contributed by atoms with Crippen LogP contribution in [0.5, 0.6) is 0 Å². The third kappa shape index (κ3) is 5.09. The quantitative estimate of drug-likeness (QED) is 0.708. The smallest absolute Gasteiger partial charge is 0.242 e. The van der Waals surface area contributed by atoms with Crippen molar-refractivity contribution >= 4 is 15.9 Å². The number of likely N-dealkylation sites (tertiary alicyclic amines) is 1. The van der Waals surface area contributed by atoms with Gasteiger partial charge < -0.3 is 14.8 Å². The first-order valence-electron chi connectivity index (χ1n) is 9.60. The topological polar surface area (TPSA) is 88.2 Å². The molecule has 0 spiro atoms. The molecule has 2 fully saturated rings. The molecule has 28 heavy (non-hydrogen) atoms. The summed E-state index contributed by atoms with van der Waals surface area (Å²) < 4.78 is 37.2. The molecule has 0 aromatic heterocycles. The van der Waals surface area contributed by atoms with Crippen LogP contribution in [0.25, 0.3) is 0 Å². The molecule has 0 radical (unpaired) electrons. The maximum absolute atomic E-state index is 12.4. The molecule has 8 nitrogen and oxygen atoms in total. The van der Waals surface area contributed by atoms with E-state index in [1.165, 1.54) is 18.4 Å². The molecule has 0 aliphatic carbocycles. The van der Waals surface area contributed by atoms with E-state index in [4.69, 9.17) is 9.47 Å². The van der Waals surface area contributed by atoms with Crippen molar-refractivity contribution in [1.82, 2.24) is 14.5 Å². The van der Waals surface area contributed by atoms with Crippen LogP contribution in [0.4, 0.5) is 0 Å². The van der Waals surface area contributed by atoms with Crippen molar-refractivity contribution in [2.45, 2.75) is 30.6 Å². The van der Waals surface area contributed by atoms with Gasteiger partial charge >= 0.3 is 0 Å². The molecule has 0 unspecified atom stereocenters. The summed E-state index contributed by atoms with van der Waals surface area (Å²) >= 11 is 0. The van der Waals surface area contributed by atoms with E-state index in [0.717, 1.165) is 25.9 Å². The molecule has 156 valence electrons. The number of rotatable bonds is 7. The average molecular weight is 412 g/mol. The lowest BCUT2D eigenvalue weighted by Crippen LogP contribution is -2.43. The summed E-state index contributed by atoms with van der Waals surface area (Å²) in [7, 11) is -0.557. The van der Waals surface area contributed by atoms with Crippen LogP contribution in [-0.2, 0) is 30.8 Å². The van der Waals surface area contributed by atoms with Crippen LogP contribution in [0.15, 0.2) is 29.2 Å². The van der Waals surface area contributed by atoms with Gasteiger partial charge in [0.05, 0.1) is 24.7 Å². The van der Waals surface area contributed by atoms with Crippen LogP contribution in [0, 0.1) is 5.92 Å². The number of ether oxygens (including phenoxy) is 2. The highest BCUT2D eigenvalue weighted by molar-refractivity contribution is 7.89. The zero-order valence-electron chi connectivity index (χ0n) is 16.5. The van der Waals surface area contributed by atoms with Crippen molar-refractivity contribution in [3.05, 3.63) is 29.8 Å². The van der Waals surface area contributed by atoms with E-state index >= 15 is 0 Å². The largest absolute Gasteiger partial charge is 0.351 e. The van der Waals surface area contributed by atoms with Gasteiger partial charge in [0.2, 0.25) is 15.9 Å². The van der Waals surface area contributed by atoms with Crippen LogP contribution in [0.3, 0.4) is 0 Å². The Kier molecular flexibility index (Phi) is 7.05. The van der Waals surface area contributed by atoms with Gasteiger partial charge in [-0.1, -0.05) is 18.2 Å². The van der Waals surface area contributed by atoms with E-state index in [2.05, 4.69) is 10.2 Å².